The minimum absolute atomic E-state index is 0.106. The van der Waals surface area contributed by atoms with E-state index in [2.05, 4.69) is 15.3 Å². The van der Waals surface area contributed by atoms with Crippen molar-refractivity contribution < 1.29 is 9.53 Å². The van der Waals surface area contributed by atoms with E-state index in [1.54, 1.807) is 36.5 Å². The van der Waals surface area contributed by atoms with Gasteiger partial charge in [0.2, 0.25) is 5.91 Å². The molecule has 0 bridgehead atoms. The maximum Gasteiger partial charge on any atom is 0.355 e. The van der Waals surface area contributed by atoms with Crippen LogP contribution in [0.3, 0.4) is 0 Å². The Kier molecular flexibility index (Phi) is 5.52. The van der Waals surface area contributed by atoms with Gasteiger partial charge >= 0.3 is 5.69 Å². The Morgan fingerprint density at radius 3 is 2.69 bits per heavy atom. The Morgan fingerprint density at radius 1 is 1.19 bits per heavy atom. The van der Waals surface area contributed by atoms with Gasteiger partial charge in [-0.15, -0.1) is 0 Å². The second-order valence-corrected chi connectivity index (χ2v) is 6.46. The zero-order chi connectivity index (χ0) is 18.5. The van der Waals surface area contributed by atoms with Gasteiger partial charge in [-0.1, -0.05) is 17.8 Å². The first-order chi connectivity index (χ1) is 12.5. The highest BCUT2D eigenvalue weighted by molar-refractivity contribution is 7.99. The summed E-state index contributed by atoms with van der Waals surface area (Å²) in [4.78, 5) is 32.4. The molecule has 1 aromatic carbocycles. The van der Waals surface area contributed by atoms with Crippen molar-refractivity contribution in [2.75, 3.05) is 17.7 Å². The third-order valence-corrected chi connectivity index (χ3v) is 4.31. The molecular weight excluding hydrogens is 352 g/mol. The first-order valence-electron chi connectivity index (χ1n) is 8.08. The van der Waals surface area contributed by atoms with Gasteiger partial charge in [0.15, 0.2) is 5.16 Å². The van der Waals surface area contributed by atoms with E-state index >= 15 is 0 Å². The van der Waals surface area contributed by atoms with E-state index < -0.39 is 5.69 Å². The first-order valence-corrected chi connectivity index (χ1v) is 9.06. The second kappa shape index (κ2) is 8.01. The van der Waals surface area contributed by atoms with Crippen molar-refractivity contribution in [2.24, 2.45) is 0 Å². The van der Waals surface area contributed by atoms with Crippen molar-refractivity contribution in [2.45, 2.75) is 19.0 Å². The summed E-state index contributed by atoms with van der Waals surface area (Å²) in [5.74, 6) is 0.654. The van der Waals surface area contributed by atoms with Gasteiger partial charge in [-0.05, 0) is 49.7 Å². The molecular formula is C18H18N4O3S. The van der Waals surface area contributed by atoms with Gasteiger partial charge in [0.25, 0.3) is 0 Å². The number of carbonyl (C=O) groups excluding carboxylic acids is 1. The molecule has 0 saturated heterocycles. The molecule has 0 radical (unpaired) electrons. The third-order valence-electron chi connectivity index (χ3n) is 3.46. The largest absolute Gasteiger partial charge is 0.494 e. The third kappa shape index (κ3) is 4.40. The average Bonchev–Trinajstić information content (AvgIpc) is 2.62. The van der Waals surface area contributed by atoms with Crippen molar-refractivity contribution in [1.82, 2.24) is 14.4 Å². The highest BCUT2D eigenvalue weighted by Crippen LogP contribution is 2.17. The van der Waals surface area contributed by atoms with Crippen LogP contribution in [-0.2, 0) is 4.79 Å². The number of carbonyl (C=O) groups is 1. The minimum atomic E-state index is -0.409. The summed E-state index contributed by atoms with van der Waals surface area (Å²) in [6.45, 7) is 4.39. The fourth-order valence-electron chi connectivity index (χ4n) is 2.29. The monoisotopic (exact) mass is 370 g/mol. The topological polar surface area (TPSA) is 85.6 Å². The van der Waals surface area contributed by atoms with Crippen LogP contribution in [0.15, 0.2) is 52.5 Å². The first kappa shape index (κ1) is 17.9. The molecule has 7 nitrogen and oxygen atoms in total. The standard InChI is InChI=1S/C18H18N4O3S/c1-3-25-14-7-5-13(6-8-14)19-16(23)11-26-17-20-15-9-4-12(2)10-22(15)18(24)21-17/h4-10H,3,11H2,1-2H3,(H,19,23). The Hall–Kier alpha value is -2.87. The molecule has 134 valence electrons. The van der Waals surface area contributed by atoms with E-state index in [0.717, 1.165) is 23.1 Å². The smallest absolute Gasteiger partial charge is 0.355 e. The summed E-state index contributed by atoms with van der Waals surface area (Å²) in [7, 11) is 0. The van der Waals surface area contributed by atoms with Gasteiger partial charge in [-0.3, -0.25) is 9.20 Å². The molecule has 3 rings (SSSR count). The van der Waals surface area contributed by atoms with Crippen molar-refractivity contribution in [3.05, 3.63) is 58.6 Å². The van der Waals surface area contributed by atoms with Crippen LogP contribution < -0.4 is 15.7 Å². The maximum atomic E-state index is 12.1. The van der Waals surface area contributed by atoms with Gasteiger partial charge in [-0.25, -0.2) is 9.78 Å². The molecule has 0 atom stereocenters. The lowest BCUT2D eigenvalue weighted by Gasteiger charge is -2.07. The molecule has 0 aliphatic heterocycles. The number of anilines is 1. The second-order valence-electron chi connectivity index (χ2n) is 5.52. The quantitative estimate of drug-likeness (QED) is 0.671. The average molecular weight is 370 g/mol. The molecule has 1 N–H and O–H groups in total. The van der Waals surface area contributed by atoms with E-state index in [4.69, 9.17) is 4.74 Å². The summed E-state index contributed by atoms with van der Waals surface area (Å²) in [5, 5.41) is 3.06. The molecule has 3 aromatic rings. The van der Waals surface area contributed by atoms with Crippen LogP contribution in [0.4, 0.5) is 5.69 Å². The number of thioether (sulfide) groups is 1. The summed E-state index contributed by atoms with van der Waals surface area (Å²) < 4.78 is 6.75. The number of fused-ring (bicyclic) bond motifs is 1. The van der Waals surface area contributed by atoms with Crippen LogP contribution in [0.5, 0.6) is 5.75 Å². The Bertz CT molecular complexity index is 986. The molecule has 0 saturated carbocycles. The highest BCUT2D eigenvalue weighted by Gasteiger charge is 2.09. The lowest BCUT2D eigenvalue weighted by Crippen LogP contribution is -2.20. The molecule has 8 heteroatoms. The summed E-state index contributed by atoms with van der Waals surface area (Å²) in [6.07, 6.45) is 1.69. The van der Waals surface area contributed by atoms with Crippen molar-refractivity contribution in [3.63, 3.8) is 0 Å². The molecule has 2 heterocycles. The predicted molar refractivity (Wildman–Crippen MR) is 101 cm³/mol. The SMILES string of the molecule is CCOc1ccc(NC(=O)CSc2nc(=O)n3cc(C)ccc3n2)cc1. The van der Waals surface area contributed by atoms with Crippen LogP contribution >= 0.6 is 11.8 Å². The van der Waals surface area contributed by atoms with E-state index in [1.807, 2.05) is 19.9 Å². The molecule has 2 aromatic heterocycles. The molecule has 0 aliphatic rings. The van der Waals surface area contributed by atoms with Gasteiger partial charge in [-0.2, -0.15) is 4.98 Å². The lowest BCUT2D eigenvalue weighted by molar-refractivity contribution is -0.113. The summed E-state index contributed by atoms with van der Waals surface area (Å²) in [5.41, 5.74) is 1.71. The molecule has 0 fully saturated rings. The zero-order valence-corrected chi connectivity index (χ0v) is 15.2. The molecule has 0 unspecified atom stereocenters. The number of nitrogens with one attached hydrogen (secondary N) is 1. The van der Waals surface area contributed by atoms with Gasteiger partial charge in [0, 0.05) is 11.9 Å². The fourth-order valence-corrected chi connectivity index (χ4v) is 2.93. The van der Waals surface area contributed by atoms with Crippen molar-refractivity contribution in [3.8, 4) is 5.75 Å². The minimum Gasteiger partial charge on any atom is -0.494 e. The van der Waals surface area contributed by atoms with Crippen molar-refractivity contribution >= 4 is 29.0 Å². The van der Waals surface area contributed by atoms with E-state index in [9.17, 15) is 9.59 Å². The highest BCUT2D eigenvalue weighted by atomic mass is 32.2. The number of hydrogen-bond donors (Lipinski definition) is 1. The number of pyridine rings is 1. The number of hydrogen-bond acceptors (Lipinski definition) is 6. The number of benzene rings is 1. The van der Waals surface area contributed by atoms with Crippen LogP contribution in [0.1, 0.15) is 12.5 Å². The van der Waals surface area contributed by atoms with Crippen LogP contribution in [0, 0.1) is 6.92 Å². The number of ether oxygens (including phenoxy) is 1. The molecule has 1 amide bonds. The van der Waals surface area contributed by atoms with Crippen LogP contribution in [0.25, 0.3) is 5.65 Å². The number of nitrogens with zero attached hydrogens (tertiary/aromatic N) is 3. The van der Waals surface area contributed by atoms with Crippen LogP contribution in [-0.4, -0.2) is 32.6 Å². The Labute approximate surface area is 154 Å². The van der Waals surface area contributed by atoms with Gasteiger partial charge < -0.3 is 10.1 Å². The van der Waals surface area contributed by atoms with E-state index in [1.165, 1.54) is 4.40 Å². The van der Waals surface area contributed by atoms with Crippen molar-refractivity contribution in [1.29, 1.82) is 0 Å². The summed E-state index contributed by atoms with van der Waals surface area (Å²) >= 11 is 1.12. The van der Waals surface area contributed by atoms with Gasteiger partial charge in [0.1, 0.15) is 11.4 Å². The number of aromatic nitrogens is 3. The fraction of sp³-hybridized carbons (Fsp3) is 0.222. The lowest BCUT2D eigenvalue weighted by atomic mass is 10.3. The predicted octanol–water partition coefficient (Wildman–Crippen LogP) is 2.53. The number of rotatable bonds is 6. The Morgan fingerprint density at radius 2 is 1.96 bits per heavy atom. The zero-order valence-electron chi connectivity index (χ0n) is 14.4. The molecule has 0 spiro atoms. The summed E-state index contributed by atoms with van der Waals surface area (Å²) in [6, 6.07) is 10.8. The molecule has 0 aliphatic carbocycles. The normalized spacial score (nSPS) is 10.7. The Balaban J connectivity index is 1.63. The number of aryl methyl sites for hydroxylation is 1. The molecule has 26 heavy (non-hydrogen) atoms. The van der Waals surface area contributed by atoms with Gasteiger partial charge in [0.05, 0.1) is 12.4 Å². The van der Waals surface area contributed by atoms with Crippen LogP contribution in [0.2, 0.25) is 0 Å². The van der Waals surface area contributed by atoms with E-state index in [0.29, 0.717) is 17.9 Å². The maximum absolute atomic E-state index is 12.1. The van der Waals surface area contributed by atoms with E-state index in [-0.39, 0.29) is 16.8 Å². The number of amides is 1.